The van der Waals surface area contributed by atoms with E-state index in [4.69, 9.17) is 19.4 Å². The summed E-state index contributed by atoms with van der Waals surface area (Å²) in [5.74, 6) is 0.676. The van der Waals surface area contributed by atoms with Crippen LogP contribution in [0.5, 0.6) is 0 Å². The van der Waals surface area contributed by atoms with E-state index < -0.39 is 0 Å². The molecule has 0 fully saturated rings. The largest absolute Gasteiger partial charge is 0.455 e. The van der Waals surface area contributed by atoms with Gasteiger partial charge in [0.25, 0.3) is 0 Å². The summed E-state index contributed by atoms with van der Waals surface area (Å²) in [6, 6.07) is 74.3. The van der Waals surface area contributed by atoms with Crippen molar-refractivity contribution in [3.63, 3.8) is 0 Å². The Bertz CT molecular complexity index is 3610. The summed E-state index contributed by atoms with van der Waals surface area (Å²) >= 11 is 0. The summed E-state index contributed by atoms with van der Waals surface area (Å²) in [4.78, 5) is 15.8. The van der Waals surface area contributed by atoms with Crippen LogP contribution in [0.4, 0.5) is 0 Å². The second-order valence-electron chi connectivity index (χ2n) is 15.5. The van der Waals surface area contributed by atoms with Crippen molar-refractivity contribution in [1.29, 1.82) is 0 Å². The van der Waals surface area contributed by atoms with Crippen LogP contribution < -0.4 is 0 Å². The first kappa shape index (κ1) is 34.8. The molecule has 284 valence electrons. The second kappa shape index (κ2) is 14.3. The van der Waals surface area contributed by atoms with Crippen LogP contribution >= 0.6 is 0 Å². The molecule has 0 spiro atoms. The number of hydrogen-bond donors (Lipinski definition) is 0. The number of furan rings is 1. The SMILES string of the molecule is c1ccc(-c2ccc(-c3cc(-c4ccccc4)nc(-c4ccc(-c5ccc6c(c5)nc(-c5cc7ccccc7c7ccccc57)c5c7ccccc7oc65)cc4)n3)cc2)cc1. The Morgan fingerprint density at radius 1 is 0.328 bits per heavy atom. The fourth-order valence-electron chi connectivity index (χ4n) is 8.84. The van der Waals surface area contributed by atoms with E-state index in [1.807, 2.05) is 36.4 Å². The average Bonchev–Trinajstić information content (AvgIpc) is 3.74. The van der Waals surface area contributed by atoms with Crippen molar-refractivity contribution in [1.82, 2.24) is 15.0 Å². The van der Waals surface area contributed by atoms with Crippen LogP contribution in [0, 0.1) is 0 Å². The topological polar surface area (TPSA) is 51.8 Å². The lowest BCUT2D eigenvalue weighted by Crippen LogP contribution is -1.96. The molecule has 0 amide bonds. The Kier molecular flexibility index (Phi) is 8.13. The zero-order valence-electron chi connectivity index (χ0n) is 33.0. The standard InChI is InChI=1S/C57H35N3O/c1-3-13-36(14-4-1)37-23-27-40(28-24-37)51-35-50(39-15-5-2-6-16-39)59-57(60-51)41-29-25-38(26-30-41)42-31-32-47-52(34-42)58-55(54-48-21-11-12-22-53(48)61-56(47)54)49-33-43-17-7-8-18-44(43)45-19-9-10-20-46(45)49/h1-35H. The third-order valence-electron chi connectivity index (χ3n) is 11.9. The Morgan fingerprint density at radius 2 is 0.852 bits per heavy atom. The minimum Gasteiger partial charge on any atom is -0.455 e. The van der Waals surface area contributed by atoms with Crippen LogP contribution in [0.3, 0.4) is 0 Å². The molecule has 12 aromatic rings. The van der Waals surface area contributed by atoms with Crippen molar-refractivity contribution >= 4 is 54.4 Å². The number of rotatable bonds is 6. The molecule has 0 atom stereocenters. The summed E-state index contributed by atoms with van der Waals surface area (Å²) < 4.78 is 6.69. The predicted octanol–water partition coefficient (Wildman–Crippen LogP) is 15.2. The fourth-order valence-corrected chi connectivity index (χ4v) is 8.84. The van der Waals surface area contributed by atoms with Gasteiger partial charge in [-0.25, -0.2) is 15.0 Å². The van der Waals surface area contributed by atoms with E-state index >= 15 is 0 Å². The molecular weight excluding hydrogens is 743 g/mol. The molecule has 0 saturated heterocycles. The van der Waals surface area contributed by atoms with E-state index in [1.54, 1.807) is 0 Å². The summed E-state index contributed by atoms with van der Waals surface area (Å²) in [7, 11) is 0. The first-order valence-corrected chi connectivity index (χ1v) is 20.6. The van der Waals surface area contributed by atoms with E-state index in [2.05, 4.69) is 176 Å². The van der Waals surface area contributed by atoms with E-state index in [0.29, 0.717) is 5.82 Å². The van der Waals surface area contributed by atoms with Crippen LogP contribution in [0.2, 0.25) is 0 Å². The average molecular weight is 778 g/mol. The van der Waals surface area contributed by atoms with Crippen molar-refractivity contribution in [2.24, 2.45) is 0 Å². The Balaban J connectivity index is 0.969. The van der Waals surface area contributed by atoms with Crippen molar-refractivity contribution < 1.29 is 4.42 Å². The molecule has 0 aliphatic heterocycles. The highest BCUT2D eigenvalue weighted by Crippen LogP contribution is 2.43. The summed E-state index contributed by atoms with van der Waals surface area (Å²) in [6.45, 7) is 0. The molecule has 0 saturated carbocycles. The molecule has 4 heteroatoms. The van der Waals surface area contributed by atoms with Crippen LogP contribution in [-0.2, 0) is 0 Å². The van der Waals surface area contributed by atoms with Gasteiger partial charge in [0.05, 0.1) is 28.0 Å². The van der Waals surface area contributed by atoms with Crippen LogP contribution in [0.25, 0.3) is 122 Å². The maximum Gasteiger partial charge on any atom is 0.160 e. The normalized spacial score (nSPS) is 11.6. The molecular formula is C57H35N3O. The lowest BCUT2D eigenvalue weighted by molar-refractivity contribution is 0.672. The maximum atomic E-state index is 6.69. The van der Waals surface area contributed by atoms with Gasteiger partial charge in [0.15, 0.2) is 5.82 Å². The van der Waals surface area contributed by atoms with Gasteiger partial charge in [-0.2, -0.15) is 0 Å². The number of fused-ring (bicyclic) bond motifs is 8. The highest BCUT2D eigenvalue weighted by atomic mass is 16.3. The van der Waals surface area contributed by atoms with Crippen molar-refractivity contribution in [2.45, 2.75) is 0 Å². The molecule has 0 radical (unpaired) electrons. The number of pyridine rings is 1. The maximum absolute atomic E-state index is 6.69. The van der Waals surface area contributed by atoms with Crippen LogP contribution in [0.15, 0.2) is 217 Å². The van der Waals surface area contributed by atoms with E-state index in [0.717, 1.165) is 88.7 Å². The van der Waals surface area contributed by atoms with E-state index in [1.165, 1.54) is 27.3 Å². The number of hydrogen-bond acceptors (Lipinski definition) is 4. The van der Waals surface area contributed by atoms with Gasteiger partial charge in [0.1, 0.15) is 11.2 Å². The van der Waals surface area contributed by atoms with E-state index in [9.17, 15) is 0 Å². The Morgan fingerprint density at radius 3 is 1.59 bits per heavy atom. The molecule has 3 heterocycles. The minimum atomic E-state index is 0.676. The molecule has 0 bridgehead atoms. The molecule has 0 aliphatic rings. The second-order valence-corrected chi connectivity index (χ2v) is 15.5. The summed E-state index contributed by atoms with van der Waals surface area (Å²) in [5, 5.41) is 7.85. The third-order valence-corrected chi connectivity index (χ3v) is 11.9. The van der Waals surface area contributed by atoms with Gasteiger partial charge in [0, 0.05) is 33.0 Å². The number of benzene rings is 9. The zero-order chi connectivity index (χ0) is 40.3. The molecule has 9 aromatic carbocycles. The summed E-state index contributed by atoms with van der Waals surface area (Å²) in [5.41, 5.74) is 13.9. The first-order chi connectivity index (χ1) is 30.2. The molecule has 3 aromatic heterocycles. The number of aromatic nitrogens is 3. The van der Waals surface area contributed by atoms with Crippen molar-refractivity contribution in [2.75, 3.05) is 0 Å². The molecule has 0 unspecified atom stereocenters. The van der Waals surface area contributed by atoms with Gasteiger partial charge in [-0.15, -0.1) is 0 Å². The molecule has 12 rings (SSSR count). The lowest BCUT2D eigenvalue weighted by Gasteiger charge is -2.13. The highest BCUT2D eigenvalue weighted by molar-refractivity contribution is 6.23. The van der Waals surface area contributed by atoms with Gasteiger partial charge >= 0.3 is 0 Å². The van der Waals surface area contributed by atoms with Gasteiger partial charge in [0.2, 0.25) is 0 Å². The summed E-state index contributed by atoms with van der Waals surface area (Å²) in [6.07, 6.45) is 0. The highest BCUT2D eigenvalue weighted by Gasteiger charge is 2.21. The van der Waals surface area contributed by atoms with Crippen LogP contribution in [-0.4, -0.2) is 15.0 Å². The molecule has 0 aliphatic carbocycles. The fraction of sp³-hybridized carbons (Fsp3) is 0. The quantitative estimate of drug-likeness (QED) is 0.158. The third kappa shape index (κ3) is 6.04. The Hall–Kier alpha value is -8.21. The van der Waals surface area contributed by atoms with Crippen molar-refractivity contribution in [3.05, 3.63) is 212 Å². The van der Waals surface area contributed by atoms with E-state index in [-0.39, 0.29) is 0 Å². The van der Waals surface area contributed by atoms with Crippen molar-refractivity contribution in [3.8, 4) is 67.4 Å². The molecule has 4 nitrogen and oxygen atoms in total. The Labute approximate surface area is 352 Å². The predicted molar refractivity (Wildman–Crippen MR) is 252 cm³/mol. The van der Waals surface area contributed by atoms with Gasteiger partial charge in [-0.3, -0.25) is 0 Å². The monoisotopic (exact) mass is 777 g/mol. The lowest BCUT2D eigenvalue weighted by atomic mass is 9.93. The molecule has 61 heavy (non-hydrogen) atoms. The first-order valence-electron chi connectivity index (χ1n) is 20.6. The smallest absolute Gasteiger partial charge is 0.160 e. The van der Waals surface area contributed by atoms with Crippen LogP contribution in [0.1, 0.15) is 0 Å². The number of para-hydroxylation sites is 1. The zero-order valence-corrected chi connectivity index (χ0v) is 33.0. The number of nitrogens with zero attached hydrogens (tertiary/aromatic N) is 3. The van der Waals surface area contributed by atoms with Gasteiger partial charge in [-0.05, 0) is 74.1 Å². The molecule has 0 N–H and O–H groups in total. The van der Waals surface area contributed by atoms with Gasteiger partial charge in [-0.1, -0.05) is 182 Å². The minimum absolute atomic E-state index is 0.676. The van der Waals surface area contributed by atoms with Gasteiger partial charge < -0.3 is 4.42 Å².